The molecule has 3 aliphatic carbocycles. The molecule has 1 heterocycles. The lowest BCUT2D eigenvalue weighted by atomic mass is 9.55. The van der Waals surface area contributed by atoms with E-state index < -0.39 is 5.41 Å². The fourth-order valence-corrected chi connectivity index (χ4v) is 12.1. The predicted molar refractivity (Wildman–Crippen MR) is 293 cm³/mol. The van der Waals surface area contributed by atoms with Crippen molar-refractivity contribution in [3.63, 3.8) is 0 Å². The van der Waals surface area contributed by atoms with Crippen LogP contribution in [0.4, 0.5) is 0 Å². The van der Waals surface area contributed by atoms with Crippen molar-refractivity contribution < 1.29 is 0 Å². The summed E-state index contributed by atoms with van der Waals surface area (Å²) in [6.07, 6.45) is 5.67. The standard InChI is InChI=1S/C68H51N3/c1-44-39-49(35-37-54(44)53-41-51(45-21-8-4-9-22-45)40-52(42-53)46-23-10-5-11-24-46)50-36-38-57-56(43-50)63-55(66-70-64(47-25-12-6-13-26-47)69-65(71-66)48-27-14-7-15-28-48)29-20-34-62(63)68(57)60-32-18-16-30-58(60)67(2,3)59-31-17-19-33-61(59)68/h4-38,40-44H,39H2,1-3H3. The topological polar surface area (TPSA) is 38.7 Å². The fraction of sp³-hybridized carbons (Fsp3) is 0.103. The van der Waals surface area contributed by atoms with Gasteiger partial charge >= 0.3 is 0 Å². The van der Waals surface area contributed by atoms with Gasteiger partial charge in [-0.1, -0.05) is 233 Å². The average molecular weight is 910 g/mol. The van der Waals surface area contributed by atoms with Crippen molar-refractivity contribution in [3.05, 3.63) is 281 Å². The molecule has 1 spiro atoms. The lowest BCUT2D eigenvalue weighted by Gasteiger charge is -2.46. The molecular formula is C68H51N3. The largest absolute Gasteiger partial charge is 0.208 e. The van der Waals surface area contributed by atoms with Gasteiger partial charge in [-0.3, -0.25) is 0 Å². The summed E-state index contributed by atoms with van der Waals surface area (Å²) in [6.45, 7) is 7.15. The second-order valence-corrected chi connectivity index (χ2v) is 19.9. The molecule has 0 fully saturated rings. The molecule has 10 aromatic rings. The molecular weight excluding hydrogens is 859 g/mol. The number of nitrogens with zero attached hydrogens (tertiary/aromatic N) is 3. The molecule has 1 atom stereocenters. The molecule has 0 N–H and O–H groups in total. The first-order chi connectivity index (χ1) is 34.9. The predicted octanol–water partition coefficient (Wildman–Crippen LogP) is 16.7. The van der Waals surface area contributed by atoms with E-state index in [0.717, 1.165) is 23.1 Å². The van der Waals surface area contributed by atoms with E-state index >= 15 is 0 Å². The van der Waals surface area contributed by atoms with Crippen LogP contribution in [0.25, 0.3) is 78.7 Å². The van der Waals surface area contributed by atoms with Crippen molar-refractivity contribution in [2.75, 3.05) is 0 Å². The van der Waals surface area contributed by atoms with Gasteiger partial charge < -0.3 is 0 Å². The minimum absolute atomic E-state index is 0.210. The van der Waals surface area contributed by atoms with E-state index in [1.165, 1.54) is 89.0 Å². The smallest absolute Gasteiger partial charge is 0.164 e. The zero-order chi connectivity index (χ0) is 47.7. The van der Waals surface area contributed by atoms with Crippen LogP contribution in [-0.4, -0.2) is 15.0 Å². The normalized spacial score (nSPS) is 15.7. The zero-order valence-electron chi connectivity index (χ0n) is 40.1. The molecule has 9 aromatic carbocycles. The van der Waals surface area contributed by atoms with E-state index in [9.17, 15) is 0 Å². The minimum atomic E-state index is -0.582. The number of benzene rings is 9. The molecule has 0 bridgehead atoms. The minimum Gasteiger partial charge on any atom is -0.208 e. The van der Waals surface area contributed by atoms with Crippen LogP contribution in [0, 0.1) is 5.92 Å². The monoisotopic (exact) mass is 909 g/mol. The Morgan fingerprint density at radius 1 is 0.352 bits per heavy atom. The third kappa shape index (κ3) is 6.90. The van der Waals surface area contributed by atoms with E-state index in [1.807, 2.05) is 36.4 Å². The first-order valence-electron chi connectivity index (χ1n) is 24.9. The number of aromatic nitrogens is 3. The Bertz CT molecular complexity index is 3590. The summed E-state index contributed by atoms with van der Waals surface area (Å²) >= 11 is 0. The van der Waals surface area contributed by atoms with Gasteiger partial charge in [-0.25, -0.2) is 15.0 Å². The molecule has 0 radical (unpaired) electrons. The second kappa shape index (κ2) is 16.9. The maximum absolute atomic E-state index is 5.36. The SMILES string of the molecule is CC1CC(c2ccc3c(c2)-c2c(-c4nc(-c5ccccc5)nc(-c5ccccc5)n4)cccc2C32c3ccccc3C(C)(C)c3ccccc32)=CC=C1c1cc(-c2ccccc2)cc(-c2ccccc2)c1. The van der Waals surface area contributed by atoms with Crippen LogP contribution in [0.15, 0.2) is 237 Å². The highest BCUT2D eigenvalue weighted by molar-refractivity contribution is 5.97. The Morgan fingerprint density at radius 3 is 1.35 bits per heavy atom. The lowest BCUT2D eigenvalue weighted by molar-refractivity contribution is 0.563. The highest BCUT2D eigenvalue weighted by Crippen LogP contribution is 2.63. The van der Waals surface area contributed by atoms with Crippen LogP contribution in [0.5, 0.6) is 0 Å². The maximum Gasteiger partial charge on any atom is 0.164 e. The third-order valence-corrected chi connectivity index (χ3v) is 15.5. The van der Waals surface area contributed by atoms with Crippen LogP contribution >= 0.6 is 0 Å². The van der Waals surface area contributed by atoms with Crippen molar-refractivity contribution in [2.24, 2.45) is 5.92 Å². The molecule has 3 heteroatoms. The molecule has 0 amide bonds. The Hall–Kier alpha value is -8.53. The van der Waals surface area contributed by atoms with Crippen molar-refractivity contribution in [2.45, 2.75) is 38.0 Å². The number of fused-ring (bicyclic) bond motifs is 9. The Balaban J connectivity index is 1.03. The van der Waals surface area contributed by atoms with Gasteiger partial charge in [-0.2, -0.15) is 0 Å². The summed E-state index contributed by atoms with van der Waals surface area (Å²) in [6, 6.07) is 81.7. The molecule has 71 heavy (non-hydrogen) atoms. The molecule has 0 saturated carbocycles. The van der Waals surface area contributed by atoms with Gasteiger partial charge in [0.05, 0.1) is 5.41 Å². The first kappa shape index (κ1) is 42.6. The van der Waals surface area contributed by atoms with E-state index in [-0.39, 0.29) is 11.3 Å². The van der Waals surface area contributed by atoms with Crippen LogP contribution < -0.4 is 0 Å². The van der Waals surface area contributed by atoms with Crippen LogP contribution in [0.3, 0.4) is 0 Å². The Kier molecular flexibility index (Phi) is 10.1. The average Bonchev–Trinajstić information content (AvgIpc) is 3.75. The number of allylic oxidation sites excluding steroid dienone is 4. The summed E-state index contributed by atoms with van der Waals surface area (Å²) in [5.41, 5.74) is 22.4. The van der Waals surface area contributed by atoms with E-state index in [1.54, 1.807) is 0 Å². The van der Waals surface area contributed by atoms with Crippen molar-refractivity contribution >= 4 is 11.1 Å². The van der Waals surface area contributed by atoms with Crippen LogP contribution in [-0.2, 0) is 10.8 Å². The van der Waals surface area contributed by atoms with Crippen molar-refractivity contribution in [1.29, 1.82) is 0 Å². The molecule has 1 aromatic heterocycles. The molecule has 3 aliphatic rings. The van der Waals surface area contributed by atoms with Gasteiger partial charge in [0.2, 0.25) is 0 Å². The van der Waals surface area contributed by atoms with Gasteiger partial charge in [-0.15, -0.1) is 0 Å². The number of rotatable bonds is 7. The molecule has 3 nitrogen and oxygen atoms in total. The molecule has 13 rings (SSSR count). The zero-order valence-corrected chi connectivity index (χ0v) is 40.1. The van der Waals surface area contributed by atoms with Gasteiger partial charge in [-0.05, 0) is 126 Å². The Labute approximate surface area is 416 Å². The molecule has 0 saturated heterocycles. The number of hydrogen-bond donors (Lipinski definition) is 0. The third-order valence-electron chi connectivity index (χ3n) is 15.5. The first-order valence-corrected chi connectivity index (χ1v) is 24.9. The van der Waals surface area contributed by atoms with Gasteiger partial charge in [0.1, 0.15) is 0 Å². The molecule has 0 aliphatic heterocycles. The van der Waals surface area contributed by atoms with E-state index in [2.05, 4.69) is 221 Å². The van der Waals surface area contributed by atoms with Crippen molar-refractivity contribution in [1.82, 2.24) is 15.0 Å². The summed E-state index contributed by atoms with van der Waals surface area (Å²) in [5.74, 6) is 2.24. The van der Waals surface area contributed by atoms with Gasteiger partial charge in [0.25, 0.3) is 0 Å². The fourth-order valence-electron chi connectivity index (χ4n) is 12.1. The maximum atomic E-state index is 5.36. The summed E-state index contributed by atoms with van der Waals surface area (Å²) in [7, 11) is 0. The highest BCUT2D eigenvalue weighted by Gasteiger charge is 2.54. The summed E-state index contributed by atoms with van der Waals surface area (Å²) in [5, 5.41) is 0. The summed E-state index contributed by atoms with van der Waals surface area (Å²) < 4.78 is 0. The quantitative estimate of drug-likeness (QED) is 0.160. The van der Waals surface area contributed by atoms with Crippen LogP contribution in [0.1, 0.15) is 71.7 Å². The Morgan fingerprint density at radius 2 is 0.817 bits per heavy atom. The van der Waals surface area contributed by atoms with Gasteiger partial charge in [0, 0.05) is 22.1 Å². The molecule has 338 valence electrons. The van der Waals surface area contributed by atoms with Crippen molar-refractivity contribution in [3.8, 4) is 67.5 Å². The number of hydrogen-bond acceptors (Lipinski definition) is 3. The summed E-state index contributed by atoms with van der Waals surface area (Å²) in [4.78, 5) is 15.8. The highest BCUT2D eigenvalue weighted by atomic mass is 15.0. The van der Waals surface area contributed by atoms with E-state index in [4.69, 9.17) is 15.0 Å². The molecule has 1 unspecified atom stereocenters. The lowest BCUT2D eigenvalue weighted by Crippen LogP contribution is -2.40. The van der Waals surface area contributed by atoms with Crippen LogP contribution in [0.2, 0.25) is 0 Å². The van der Waals surface area contributed by atoms with E-state index in [0.29, 0.717) is 17.5 Å². The van der Waals surface area contributed by atoms with Gasteiger partial charge in [0.15, 0.2) is 17.5 Å². The second-order valence-electron chi connectivity index (χ2n) is 19.9.